The quantitative estimate of drug-likeness (QED) is 0.807. The predicted octanol–water partition coefficient (Wildman–Crippen LogP) is 3.43. The lowest BCUT2D eigenvalue weighted by Gasteiger charge is -2.14. The van der Waals surface area contributed by atoms with E-state index in [1.54, 1.807) is 14.2 Å². The third kappa shape index (κ3) is 2.49. The molecule has 0 N–H and O–H groups in total. The van der Waals surface area contributed by atoms with Crippen LogP contribution in [0.25, 0.3) is 11.3 Å². The molecular formula is C14H15ClN2O2. The molecule has 0 saturated heterocycles. The second-order valence-corrected chi connectivity index (χ2v) is 4.43. The van der Waals surface area contributed by atoms with Gasteiger partial charge in [0, 0.05) is 11.1 Å². The van der Waals surface area contributed by atoms with E-state index in [0.717, 1.165) is 16.8 Å². The van der Waals surface area contributed by atoms with Gasteiger partial charge in [-0.1, -0.05) is 17.7 Å². The molecule has 0 aliphatic heterocycles. The Morgan fingerprint density at radius 3 is 2.42 bits per heavy atom. The molecule has 2 rings (SSSR count). The maximum absolute atomic E-state index is 6.12. The molecule has 1 aromatic heterocycles. The molecule has 0 atom stereocenters. The van der Waals surface area contributed by atoms with Crippen LogP contribution in [0.2, 0.25) is 5.15 Å². The van der Waals surface area contributed by atoms with E-state index >= 15 is 0 Å². The van der Waals surface area contributed by atoms with Crippen molar-refractivity contribution in [3.63, 3.8) is 0 Å². The summed E-state index contributed by atoms with van der Waals surface area (Å²) in [6.45, 7) is 3.69. The Bertz CT molecular complexity index is 615. The number of ether oxygens (including phenoxy) is 2. The number of halogens is 1. The summed E-state index contributed by atoms with van der Waals surface area (Å²) < 4.78 is 10.7. The maximum atomic E-state index is 6.12. The number of methoxy groups -OCH3 is 2. The molecule has 4 nitrogen and oxygen atoms in total. The van der Waals surface area contributed by atoms with Gasteiger partial charge in [-0.05, 0) is 26.0 Å². The van der Waals surface area contributed by atoms with Crippen LogP contribution in [-0.2, 0) is 0 Å². The van der Waals surface area contributed by atoms with E-state index in [-0.39, 0.29) is 0 Å². The first-order valence-electron chi connectivity index (χ1n) is 5.80. The van der Waals surface area contributed by atoms with Crippen LogP contribution in [0, 0.1) is 13.8 Å². The van der Waals surface area contributed by atoms with Gasteiger partial charge in [-0.25, -0.2) is 9.97 Å². The summed E-state index contributed by atoms with van der Waals surface area (Å²) in [4.78, 5) is 8.60. The third-order valence-electron chi connectivity index (χ3n) is 2.86. The van der Waals surface area contributed by atoms with Crippen LogP contribution >= 0.6 is 11.6 Å². The van der Waals surface area contributed by atoms with Crippen molar-refractivity contribution in [3.05, 3.63) is 34.7 Å². The number of nitrogens with zero attached hydrogens (tertiary/aromatic N) is 2. The fraction of sp³-hybridized carbons (Fsp3) is 0.286. The topological polar surface area (TPSA) is 44.2 Å². The van der Waals surface area contributed by atoms with Gasteiger partial charge in [0.2, 0.25) is 0 Å². The minimum absolute atomic E-state index is 0.451. The Kier molecular flexibility index (Phi) is 3.90. The van der Waals surface area contributed by atoms with E-state index in [2.05, 4.69) is 9.97 Å². The molecule has 1 heterocycles. The number of rotatable bonds is 3. The van der Waals surface area contributed by atoms with Gasteiger partial charge >= 0.3 is 0 Å². The first-order valence-corrected chi connectivity index (χ1v) is 6.18. The van der Waals surface area contributed by atoms with Crippen molar-refractivity contribution in [2.24, 2.45) is 0 Å². The number of para-hydroxylation sites is 1. The van der Waals surface area contributed by atoms with Crippen molar-refractivity contribution in [3.8, 4) is 22.8 Å². The van der Waals surface area contributed by atoms with Crippen molar-refractivity contribution in [2.45, 2.75) is 13.8 Å². The fourth-order valence-corrected chi connectivity index (χ4v) is 2.14. The van der Waals surface area contributed by atoms with E-state index in [9.17, 15) is 0 Å². The lowest BCUT2D eigenvalue weighted by atomic mass is 10.1. The van der Waals surface area contributed by atoms with Crippen molar-refractivity contribution in [1.29, 1.82) is 0 Å². The summed E-state index contributed by atoms with van der Waals surface area (Å²) in [5.41, 5.74) is 2.42. The molecule has 0 amide bonds. The van der Waals surface area contributed by atoms with Gasteiger partial charge in [-0.3, -0.25) is 0 Å². The molecule has 0 bridgehead atoms. The lowest BCUT2D eigenvalue weighted by Crippen LogP contribution is -1.99. The van der Waals surface area contributed by atoms with Crippen LogP contribution in [-0.4, -0.2) is 24.2 Å². The highest BCUT2D eigenvalue weighted by Gasteiger charge is 2.16. The molecule has 0 fully saturated rings. The van der Waals surface area contributed by atoms with Crippen molar-refractivity contribution < 1.29 is 9.47 Å². The van der Waals surface area contributed by atoms with Crippen molar-refractivity contribution in [2.75, 3.05) is 14.2 Å². The van der Waals surface area contributed by atoms with Gasteiger partial charge in [0.1, 0.15) is 11.0 Å². The zero-order valence-corrected chi connectivity index (χ0v) is 12.1. The molecule has 19 heavy (non-hydrogen) atoms. The largest absolute Gasteiger partial charge is 0.493 e. The summed E-state index contributed by atoms with van der Waals surface area (Å²) in [6.07, 6.45) is 0. The summed E-state index contributed by atoms with van der Waals surface area (Å²) in [6, 6.07) is 5.65. The fourth-order valence-electron chi connectivity index (χ4n) is 1.93. The van der Waals surface area contributed by atoms with Gasteiger partial charge in [-0.2, -0.15) is 0 Å². The molecule has 1 aromatic carbocycles. The first kappa shape index (κ1) is 13.6. The summed E-state index contributed by atoms with van der Waals surface area (Å²) >= 11 is 6.12. The minimum Gasteiger partial charge on any atom is -0.493 e. The van der Waals surface area contributed by atoms with Gasteiger partial charge < -0.3 is 9.47 Å². The average molecular weight is 279 g/mol. The Morgan fingerprint density at radius 1 is 1.05 bits per heavy atom. The predicted molar refractivity (Wildman–Crippen MR) is 75.1 cm³/mol. The van der Waals surface area contributed by atoms with Crippen LogP contribution in [0.4, 0.5) is 0 Å². The molecule has 5 heteroatoms. The molecule has 2 aromatic rings. The number of hydrogen-bond donors (Lipinski definition) is 0. The van der Waals surface area contributed by atoms with E-state index in [4.69, 9.17) is 21.1 Å². The first-order chi connectivity index (χ1) is 9.08. The Balaban J connectivity index is 2.72. The van der Waals surface area contributed by atoms with Crippen molar-refractivity contribution >= 4 is 11.6 Å². The highest BCUT2D eigenvalue weighted by atomic mass is 35.5. The number of aryl methyl sites for hydroxylation is 1. The van der Waals surface area contributed by atoms with E-state index in [1.807, 2.05) is 32.0 Å². The average Bonchev–Trinajstić information content (AvgIpc) is 2.41. The second kappa shape index (κ2) is 5.45. The van der Waals surface area contributed by atoms with Gasteiger partial charge in [0.15, 0.2) is 11.5 Å². The SMILES string of the molecule is COc1cccc(-c2nc(C)nc(Cl)c2C)c1OC. The molecule has 0 unspecified atom stereocenters. The van der Waals surface area contributed by atoms with Crippen LogP contribution in [0.15, 0.2) is 18.2 Å². The Morgan fingerprint density at radius 2 is 1.79 bits per heavy atom. The van der Waals surface area contributed by atoms with E-state index in [0.29, 0.717) is 22.5 Å². The van der Waals surface area contributed by atoms with E-state index in [1.165, 1.54) is 0 Å². The van der Waals surface area contributed by atoms with Crippen LogP contribution in [0.3, 0.4) is 0 Å². The molecular weight excluding hydrogens is 264 g/mol. The Labute approximate surface area is 117 Å². The van der Waals surface area contributed by atoms with Crippen molar-refractivity contribution in [1.82, 2.24) is 9.97 Å². The van der Waals surface area contributed by atoms with Gasteiger partial charge in [-0.15, -0.1) is 0 Å². The highest BCUT2D eigenvalue weighted by molar-refractivity contribution is 6.30. The Hall–Kier alpha value is -1.81. The van der Waals surface area contributed by atoms with Gasteiger partial charge in [0.05, 0.1) is 19.9 Å². The van der Waals surface area contributed by atoms with E-state index < -0.39 is 0 Å². The number of hydrogen-bond acceptors (Lipinski definition) is 4. The van der Waals surface area contributed by atoms with Gasteiger partial charge in [0.25, 0.3) is 0 Å². The molecule has 100 valence electrons. The third-order valence-corrected chi connectivity index (χ3v) is 3.22. The van der Waals surface area contributed by atoms with Crippen LogP contribution in [0.1, 0.15) is 11.4 Å². The zero-order chi connectivity index (χ0) is 14.0. The number of benzene rings is 1. The second-order valence-electron chi connectivity index (χ2n) is 4.08. The van der Waals surface area contributed by atoms with Crippen LogP contribution in [0.5, 0.6) is 11.5 Å². The molecule has 0 aliphatic carbocycles. The summed E-state index contributed by atoms with van der Waals surface area (Å²) in [5, 5.41) is 0.451. The molecule has 0 spiro atoms. The molecule has 0 radical (unpaired) electrons. The molecule has 0 saturated carbocycles. The monoisotopic (exact) mass is 278 g/mol. The normalized spacial score (nSPS) is 10.4. The van der Waals surface area contributed by atoms with Crippen LogP contribution < -0.4 is 9.47 Å². The zero-order valence-electron chi connectivity index (χ0n) is 11.3. The smallest absolute Gasteiger partial charge is 0.170 e. The molecule has 0 aliphatic rings. The number of aromatic nitrogens is 2. The standard InChI is InChI=1S/C14H15ClN2O2/c1-8-12(16-9(2)17-14(8)15)10-6-5-7-11(18-3)13(10)19-4/h5-7H,1-4H3. The highest BCUT2D eigenvalue weighted by Crippen LogP contribution is 2.39. The maximum Gasteiger partial charge on any atom is 0.170 e. The summed E-state index contributed by atoms with van der Waals surface area (Å²) in [5.74, 6) is 1.92. The summed E-state index contributed by atoms with van der Waals surface area (Å²) in [7, 11) is 3.21. The lowest BCUT2D eigenvalue weighted by molar-refractivity contribution is 0.356. The minimum atomic E-state index is 0.451.